The summed E-state index contributed by atoms with van der Waals surface area (Å²) in [6.07, 6.45) is 2.02. The Morgan fingerprint density at radius 3 is 2.81 bits per heavy atom. The van der Waals surface area contributed by atoms with Crippen molar-refractivity contribution in [3.63, 3.8) is 0 Å². The number of fused-ring (bicyclic) bond motifs is 1. The Labute approximate surface area is 162 Å². The lowest BCUT2D eigenvalue weighted by Crippen LogP contribution is -2.36. The average Bonchev–Trinajstić information content (AvgIpc) is 3.16. The highest BCUT2D eigenvalue weighted by Crippen LogP contribution is 2.28. The number of rotatable bonds is 4. The molecule has 0 spiro atoms. The fourth-order valence-corrected chi connectivity index (χ4v) is 4.14. The van der Waals surface area contributed by atoms with Gasteiger partial charge in [-0.25, -0.2) is 0 Å². The van der Waals surface area contributed by atoms with Gasteiger partial charge in [0.25, 0.3) is 0 Å². The fraction of sp³-hybridized carbons (Fsp3) is 0.300. The smallest absolute Gasteiger partial charge is 0.237 e. The molecule has 0 bridgehead atoms. The molecule has 7 heteroatoms. The second-order valence-corrected chi connectivity index (χ2v) is 7.60. The first kappa shape index (κ1) is 17.7. The van der Waals surface area contributed by atoms with E-state index in [2.05, 4.69) is 41.5 Å². The lowest BCUT2D eigenvalue weighted by molar-refractivity contribution is -0.116. The van der Waals surface area contributed by atoms with Crippen molar-refractivity contribution in [2.75, 3.05) is 17.2 Å². The molecular formula is C20H21N5OS. The number of anilines is 1. The number of aryl methyl sites for hydroxylation is 2. The summed E-state index contributed by atoms with van der Waals surface area (Å²) >= 11 is 1.38. The molecule has 1 aliphatic rings. The van der Waals surface area contributed by atoms with Crippen LogP contribution in [0.25, 0.3) is 5.69 Å². The van der Waals surface area contributed by atoms with Crippen LogP contribution in [0.5, 0.6) is 0 Å². The van der Waals surface area contributed by atoms with E-state index in [0.717, 1.165) is 36.3 Å². The van der Waals surface area contributed by atoms with Crippen molar-refractivity contribution in [2.24, 2.45) is 0 Å². The van der Waals surface area contributed by atoms with Crippen LogP contribution in [0.1, 0.15) is 23.1 Å². The maximum absolute atomic E-state index is 12.9. The van der Waals surface area contributed by atoms with Crippen molar-refractivity contribution in [1.82, 2.24) is 20.2 Å². The van der Waals surface area contributed by atoms with Crippen LogP contribution < -0.4 is 4.90 Å². The van der Waals surface area contributed by atoms with E-state index < -0.39 is 0 Å². The molecule has 0 unspecified atom stereocenters. The number of hydrogen-bond donors (Lipinski definition) is 0. The molecule has 0 radical (unpaired) electrons. The summed E-state index contributed by atoms with van der Waals surface area (Å²) in [5, 5.41) is 12.7. The van der Waals surface area contributed by atoms with E-state index in [9.17, 15) is 4.79 Å². The highest BCUT2D eigenvalue weighted by molar-refractivity contribution is 7.99. The summed E-state index contributed by atoms with van der Waals surface area (Å²) in [5.74, 6) is 0.391. The molecule has 1 aromatic heterocycles. The molecule has 0 N–H and O–H groups in total. The van der Waals surface area contributed by atoms with E-state index >= 15 is 0 Å². The van der Waals surface area contributed by atoms with Crippen LogP contribution in [0, 0.1) is 13.8 Å². The third-order valence-corrected chi connectivity index (χ3v) is 5.89. The minimum atomic E-state index is 0.0858. The van der Waals surface area contributed by atoms with E-state index in [1.165, 1.54) is 22.9 Å². The van der Waals surface area contributed by atoms with Crippen LogP contribution in [0.3, 0.4) is 0 Å². The predicted octanol–water partition coefficient (Wildman–Crippen LogP) is 3.35. The van der Waals surface area contributed by atoms with Crippen LogP contribution in [0.15, 0.2) is 47.6 Å². The molecule has 0 saturated carbocycles. The summed E-state index contributed by atoms with van der Waals surface area (Å²) in [7, 11) is 0. The molecule has 0 fully saturated rings. The number of benzene rings is 2. The number of aromatic nitrogens is 4. The normalized spacial score (nSPS) is 13.5. The second kappa shape index (κ2) is 7.52. The molecule has 27 heavy (non-hydrogen) atoms. The number of thioether (sulfide) groups is 1. The zero-order chi connectivity index (χ0) is 18.8. The Balaban J connectivity index is 1.52. The Morgan fingerprint density at radius 1 is 1.11 bits per heavy atom. The molecule has 4 rings (SSSR count). The molecular weight excluding hydrogens is 358 g/mol. The molecule has 0 saturated heterocycles. The van der Waals surface area contributed by atoms with Crippen LogP contribution in [-0.4, -0.2) is 38.4 Å². The van der Waals surface area contributed by atoms with Crippen molar-refractivity contribution in [2.45, 2.75) is 31.8 Å². The number of hydrogen-bond acceptors (Lipinski definition) is 5. The highest BCUT2D eigenvalue weighted by atomic mass is 32.2. The lowest BCUT2D eigenvalue weighted by Gasteiger charge is -2.29. The fourth-order valence-electron chi connectivity index (χ4n) is 3.38. The topological polar surface area (TPSA) is 63.9 Å². The van der Waals surface area contributed by atoms with Gasteiger partial charge in [0.1, 0.15) is 0 Å². The van der Waals surface area contributed by atoms with Gasteiger partial charge in [0.15, 0.2) is 0 Å². The SMILES string of the molecule is Cc1cccc(-n2nnnc2SCC(=O)N2CCCc3ccccc32)c1C. The second-order valence-electron chi connectivity index (χ2n) is 6.66. The molecule has 2 aromatic carbocycles. The molecule has 2 heterocycles. The minimum absolute atomic E-state index is 0.0858. The monoisotopic (exact) mass is 379 g/mol. The van der Waals surface area contributed by atoms with Gasteiger partial charge in [-0.05, 0) is 65.9 Å². The van der Waals surface area contributed by atoms with Gasteiger partial charge in [0, 0.05) is 12.2 Å². The summed E-state index contributed by atoms with van der Waals surface area (Å²) in [4.78, 5) is 14.7. The largest absolute Gasteiger partial charge is 0.311 e. The Hall–Kier alpha value is -2.67. The molecule has 3 aromatic rings. The first-order valence-electron chi connectivity index (χ1n) is 9.01. The number of tetrazole rings is 1. The van der Waals surface area contributed by atoms with Gasteiger partial charge in [-0.1, -0.05) is 42.1 Å². The van der Waals surface area contributed by atoms with Crippen molar-refractivity contribution in [1.29, 1.82) is 0 Å². The Morgan fingerprint density at radius 2 is 1.93 bits per heavy atom. The van der Waals surface area contributed by atoms with E-state index in [4.69, 9.17) is 0 Å². The number of nitrogens with zero attached hydrogens (tertiary/aromatic N) is 5. The average molecular weight is 379 g/mol. The van der Waals surface area contributed by atoms with Gasteiger partial charge in [-0.3, -0.25) is 4.79 Å². The van der Waals surface area contributed by atoms with Gasteiger partial charge in [0.2, 0.25) is 11.1 Å². The van der Waals surface area contributed by atoms with Crippen molar-refractivity contribution >= 4 is 23.4 Å². The quantitative estimate of drug-likeness (QED) is 0.651. The molecule has 1 amide bonds. The Kier molecular flexibility index (Phi) is 4.94. The van der Waals surface area contributed by atoms with Gasteiger partial charge in [-0.2, -0.15) is 4.68 Å². The van der Waals surface area contributed by atoms with E-state index in [1.54, 1.807) is 4.68 Å². The van der Waals surface area contributed by atoms with Gasteiger partial charge in [-0.15, -0.1) is 5.10 Å². The summed E-state index contributed by atoms with van der Waals surface area (Å²) < 4.78 is 1.71. The minimum Gasteiger partial charge on any atom is -0.311 e. The lowest BCUT2D eigenvalue weighted by atomic mass is 10.0. The van der Waals surface area contributed by atoms with Crippen molar-refractivity contribution in [3.8, 4) is 5.69 Å². The maximum Gasteiger partial charge on any atom is 0.237 e. The summed E-state index contributed by atoms with van der Waals surface area (Å²) in [6, 6.07) is 14.2. The van der Waals surface area contributed by atoms with Crippen LogP contribution >= 0.6 is 11.8 Å². The zero-order valence-corrected chi connectivity index (χ0v) is 16.2. The van der Waals surface area contributed by atoms with Crippen LogP contribution in [-0.2, 0) is 11.2 Å². The van der Waals surface area contributed by atoms with Crippen molar-refractivity contribution < 1.29 is 4.79 Å². The maximum atomic E-state index is 12.9. The third kappa shape index (κ3) is 3.47. The molecule has 0 aliphatic carbocycles. The van der Waals surface area contributed by atoms with Crippen molar-refractivity contribution in [3.05, 3.63) is 59.2 Å². The summed E-state index contributed by atoms with van der Waals surface area (Å²) in [5.41, 5.74) is 5.52. The molecule has 1 aliphatic heterocycles. The van der Waals surface area contributed by atoms with E-state index in [-0.39, 0.29) is 5.91 Å². The number of carbonyl (C=O) groups is 1. The highest BCUT2D eigenvalue weighted by Gasteiger charge is 2.23. The van der Waals surface area contributed by atoms with Crippen LogP contribution in [0.2, 0.25) is 0 Å². The third-order valence-electron chi connectivity index (χ3n) is 4.98. The zero-order valence-electron chi connectivity index (χ0n) is 15.4. The van der Waals surface area contributed by atoms with Gasteiger partial charge >= 0.3 is 0 Å². The summed E-state index contributed by atoms with van der Waals surface area (Å²) in [6.45, 7) is 4.88. The van der Waals surface area contributed by atoms with E-state index in [1.807, 2.05) is 35.2 Å². The number of carbonyl (C=O) groups excluding carboxylic acids is 1. The standard InChI is InChI=1S/C20H21N5OS/c1-14-7-5-11-17(15(14)2)25-20(21-22-23-25)27-13-19(26)24-12-6-9-16-8-3-4-10-18(16)24/h3-5,7-8,10-11H,6,9,12-13H2,1-2H3. The first-order chi connectivity index (χ1) is 13.1. The van der Waals surface area contributed by atoms with Gasteiger partial charge in [0.05, 0.1) is 11.4 Å². The number of para-hydroxylation sites is 1. The molecule has 6 nitrogen and oxygen atoms in total. The number of amides is 1. The van der Waals surface area contributed by atoms with E-state index in [0.29, 0.717) is 10.9 Å². The first-order valence-corrected chi connectivity index (χ1v) is 10.00. The van der Waals surface area contributed by atoms with Crippen LogP contribution in [0.4, 0.5) is 5.69 Å². The van der Waals surface area contributed by atoms with Gasteiger partial charge < -0.3 is 4.90 Å². The molecule has 0 atom stereocenters. The molecule has 138 valence electrons. The Bertz CT molecular complexity index is 984. The predicted molar refractivity (Wildman–Crippen MR) is 106 cm³/mol.